The Morgan fingerprint density at radius 3 is 2.84 bits per heavy atom. The molecule has 0 bridgehead atoms. The van der Waals surface area contributed by atoms with Gasteiger partial charge in [0, 0.05) is 30.6 Å². The van der Waals surface area contributed by atoms with Gasteiger partial charge in [-0.05, 0) is 37.6 Å². The molecule has 0 atom stereocenters. The minimum atomic E-state index is -0.193. The van der Waals surface area contributed by atoms with E-state index < -0.39 is 0 Å². The van der Waals surface area contributed by atoms with Crippen LogP contribution in [0.2, 0.25) is 0 Å². The summed E-state index contributed by atoms with van der Waals surface area (Å²) in [7, 11) is 1.64. The summed E-state index contributed by atoms with van der Waals surface area (Å²) in [6.07, 6.45) is 4.36. The SMILES string of the molecule is Cn1ncc2c(/N=C/c3cccc4c3OC(C)(C)C4)cccc2c1=O. The molecule has 0 aliphatic carbocycles. The molecule has 3 aromatic rings. The van der Waals surface area contributed by atoms with Crippen molar-refractivity contribution in [3.05, 3.63) is 64.1 Å². The molecule has 0 radical (unpaired) electrons. The van der Waals surface area contributed by atoms with Crippen molar-refractivity contribution >= 4 is 22.7 Å². The minimum Gasteiger partial charge on any atom is -0.487 e. The quantitative estimate of drug-likeness (QED) is 0.675. The molecular weight excluding hydrogens is 314 g/mol. The van der Waals surface area contributed by atoms with Gasteiger partial charge in [-0.3, -0.25) is 9.79 Å². The highest BCUT2D eigenvalue weighted by Gasteiger charge is 2.31. The summed E-state index contributed by atoms with van der Waals surface area (Å²) in [5.41, 5.74) is 2.54. The van der Waals surface area contributed by atoms with Crippen LogP contribution in [0, 0.1) is 0 Å². The first-order valence-electron chi connectivity index (χ1n) is 8.25. The van der Waals surface area contributed by atoms with Crippen LogP contribution >= 0.6 is 0 Å². The molecule has 0 saturated carbocycles. The number of para-hydroxylation sites is 1. The summed E-state index contributed by atoms with van der Waals surface area (Å²) in [6.45, 7) is 4.17. The van der Waals surface area contributed by atoms with Crippen molar-refractivity contribution in [2.45, 2.75) is 25.9 Å². The van der Waals surface area contributed by atoms with Crippen molar-refractivity contribution in [1.82, 2.24) is 9.78 Å². The van der Waals surface area contributed by atoms with Gasteiger partial charge in [-0.2, -0.15) is 5.10 Å². The van der Waals surface area contributed by atoms with E-state index in [4.69, 9.17) is 4.74 Å². The molecule has 1 aliphatic heterocycles. The zero-order valence-electron chi connectivity index (χ0n) is 14.5. The van der Waals surface area contributed by atoms with Crippen molar-refractivity contribution in [3.63, 3.8) is 0 Å². The molecule has 0 N–H and O–H groups in total. The zero-order valence-corrected chi connectivity index (χ0v) is 14.5. The molecule has 0 amide bonds. The lowest BCUT2D eigenvalue weighted by atomic mass is 10.0. The van der Waals surface area contributed by atoms with Crippen LogP contribution in [0.1, 0.15) is 25.0 Å². The molecular formula is C20H19N3O2. The van der Waals surface area contributed by atoms with E-state index >= 15 is 0 Å². The van der Waals surface area contributed by atoms with Crippen LogP contribution in [0.5, 0.6) is 5.75 Å². The predicted molar refractivity (Wildman–Crippen MR) is 99.1 cm³/mol. The number of rotatable bonds is 2. The second-order valence-corrected chi connectivity index (χ2v) is 6.94. The normalized spacial score (nSPS) is 15.5. The van der Waals surface area contributed by atoms with Crippen LogP contribution in [0.4, 0.5) is 5.69 Å². The maximum Gasteiger partial charge on any atom is 0.274 e. The molecule has 0 fully saturated rings. The maximum absolute atomic E-state index is 12.2. The Bertz CT molecular complexity index is 1060. The van der Waals surface area contributed by atoms with E-state index in [1.807, 2.05) is 24.3 Å². The zero-order chi connectivity index (χ0) is 17.6. The molecule has 126 valence electrons. The van der Waals surface area contributed by atoms with Gasteiger partial charge in [-0.25, -0.2) is 4.68 Å². The molecule has 1 aromatic heterocycles. The van der Waals surface area contributed by atoms with E-state index in [1.165, 1.54) is 10.2 Å². The van der Waals surface area contributed by atoms with Gasteiger partial charge in [0.2, 0.25) is 0 Å². The molecule has 1 aliphatic rings. The van der Waals surface area contributed by atoms with Gasteiger partial charge in [0.05, 0.1) is 17.3 Å². The van der Waals surface area contributed by atoms with E-state index in [0.717, 1.165) is 28.8 Å². The molecule has 2 heterocycles. The Kier molecular flexibility index (Phi) is 3.46. The van der Waals surface area contributed by atoms with Crippen molar-refractivity contribution in [3.8, 4) is 5.75 Å². The number of fused-ring (bicyclic) bond motifs is 2. The molecule has 0 spiro atoms. The number of hydrogen-bond donors (Lipinski definition) is 0. The summed E-state index contributed by atoms with van der Waals surface area (Å²) < 4.78 is 7.41. The van der Waals surface area contributed by atoms with Crippen LogP contribution in [0.25, 0.3) is 10.8 Å². The first-order chi connectivity index (χ1) is 11.9. The maximum atomic E-state index is 12.2. The average molecular weight is 333 g/mol. The van der Waals surface area contributed by atoms with Crippen LogP contribution in [-0.4, -0.2) is 21.6 Å². The summed E-state index contributed by atoms with van der Waals surface area (Å²) in [5.74, 6) is 0.894. The minimum absolute atomic E-state index is 0.125. The Morgan fingerprint density at radius 1 is 1.20 bits per heavy atom. The van der Waals surface area contributed by atoms with Gasteiger partial charge < -0.3 is 4.74 Å². The molecule has 4 rings (SSSR count). The molecule has 5 nitrogen and oxygen atoms in total. The highest BCUT2D eigenvalue weighted by molar-refractivity contribution is 5.95. The third kappa shape index (κ3) is 2.71. The summed E-state index contributed by atoms with van der Waals surface area (Å²) in [5, 5.41) is 5.46. The van der Waals surface area contributed by atoms with Gasteiger partial charge in [0.1, 0.15) is 11.4 Å². The van der Waals surface area contributed by atoms with Crippen molar-refractivity contribution in [2.75, 3.05) is 0 Å². The Labute approximate surface area is 145 Å². The van der Waals surface area contributed by atoms with Crippen molar-refractivity contribution < 1.29 is 4.74 Å². The lowest BCUT2D eigenvalue weighted by Crippen LogP contribution is -2.24. The molecule has 0 saturated heterocycles. The molecule has 0 unspecified atom stereocenters. The lowest BCUT2D eigenvalue weighted by Gasteiger charge is -2.17. The number of aryl methyl sites for hydroxylation is 1. The number of benzene rings is 2. The Balaban J connectivity index is 1.78. The van der Waals surface area contributed by atoms with Crippen molar-refractivity contribution in [2.24, 2.45) is 12.0 Å². The van der Waals surface area contributed by atoms with E-state index in [0.29, 0.717) is 5.39 Å². The third-order valence-corrected chi connectivity index (χ3v) is 4.43. The van der Waals surface area contributed by atoms with Gasteiger partial charge >= 0.3 is 0 Å². The Morgan fingerprint density at radius 2 is 2.00 bits per heavy atom. The van der Waals surface area contributed by atoms with Crippen molar-refractivity contribution in [1.29, 1.82) is 0 Å². The third-order valence-electron chi connectivity index (χ3n) is 4.43. The highest BCUT2D eigenvalue weighted by atomic mass is 16.5. The first-order valence-corrected chi connectivity index (χ1v) is 8.25. The monoisotopic (exact) mass is 333 g/mol. The van der Waals surface area contributed by atoms with Crippen LogP contribution in [0.15, 0.2) is 52.4 Å². The molecule has 2 aromatic carbocycles. The van der Waals surface area contributed by atoms with E-state index in [1.54, 1.807) is 25.5 Å². The smallest absolute Gasteiger partial charge is 0.274 e. The lowest BCUT2D eigenvalue weighted by molar-refractivity contribution is 0.138. The number of nitrogens with zero attached hydrogens (tertiary/aromatic N) is 3. The number of aromatic nitrogens is 2. The number of ether oxygens (including phenoxy) is 1. The number of hydrogen-bond acceptors (Lipinski definition) is 4. The van der Waals surface area contributed by atoms with Gasteiger partial charge in [0.15, 0.2) is 0 Å². The fourth-order valence-electron chi connectivity index (χ4n) is 3.24. The van der Waals surface area contributed by atoms with Crippen LogP contribution in [0.3, 0.4) is 0 Å². The van der Waals surface area contributed by atoms with Crippen LogP contribution in [-0.2, 0) is 13.5 Å². The average Bonchev–Trinajstić information content (AvgIpc) is 2.90. The topological polar surface area (TPSA) is 56.5 Å². The van der Waals surface area contributed by atoms with Gasteiger partial charge in [0.25, 0.3) is 5.56 Å². The van der Waals surface area contributed by atoms with Gasteiger partial charge in [-0.15, -0.1) is 0 Å². The van der Waals surface area contributed by atoms with E-state index in [2.05, 4.69) is 30.0 Å². The summed E-state index contributed by atoms with van der Waals surface area (Å²) in [6, 6.07) is 11.6. The fourth-order valence-corrected chi connectivity index (χ4v) is 3.24. The molecule has 25 heavy (non-hydrogen) atoms. The largest absolute Gasteiger partial charge is 0.487 e. The second-order valence-electron chi connectivity index (χ2n) is 6.94. The van der Waals surface area contributed by atoms with E-state index in [-0.39, 0.29) is 11.2 Å². The first kappa shape index (κ1) is 15.6. The fraction of sp³-hybridized carbons (Fsp3) is 0.250. The van der Waals surface area contributed by atoms with E-state index in [9.17, 15) is 4.79 Å². The summed E-state index contributed by atoms with van der Waals surface area (Å²) >= 11 is 0. The Hall–Kier alpha value is -2.95. The second kappa shape index (κ2) is 5.55. The van der Waals surface area contributed by atoms with Gasteiger partial charge in [-0.1, -0.05) is 18.2 Å². The summed E-state index contributed by atoms with van der Waals surface area (Å²) in [4.78, 5) is 16.8. The number of aliphatic imine (C=N–C) groups is 1. The predicted octanol–water partition coefficient (Wildman–Crippen LogP) is 3.40. The standard InChI is InChI=1S/C20H19N3O2/c1-20(2)10-13-6-4-7-14(18(13)25-20)11-21-17-9-5-8-15-16(17)12-22-23(3)19(15)24/h4-9,11-12H,10H2,1-3H3/b21-11+. The highest BCUT2D eigenvalue weighted by Crippen LogP contribution is 2.37. The van der Waals surface area contributed by atoms with Crippen LogP contribution < -0.4 is 10.3 Å². The molecule has 5 heteroatoms.